The fourth-order valence-electron chi connectivity index (χ4n) is 3.28. The predicted molar refractivity (Wildman–Crippen MR) is 188 cm³/mol. The van der Waals surface area contributed by atoms with Gasteiger partial charge in [-0.05, 0) is 59.3 Å². The quantitative estimate of drug-likeness (QED) is 0.115. The molecular formula is C33H60N4O9S. The third-order valence-electron chi connectivity index (χ3n) is 5.33. The highest BCUT2D eigenvalue weighted by Crippen LogP contribution is 2.26. The summed E-state index contributed by atoms with van der Waals surface area (Å²) < 4.78 is 32.9. The van der Waals surface area contributed by atoms with Gasteiger partial charge in [-0.15, -0.1) is 32.3 Å². The van der Waals surface area contributed by atoms with Crippen molar-refractivity contribution < 1.29 is 41.9 Å². The highest BCUT2D eigenvalue weighted by molar-refractivity contribution is 7.90. The molecule has 0 spiro atoms. The van der Waals surface area contributed by atoms with E-state index >= 15 is 0 Å². The summed E-state index contributed by atoms with van der Waals surface area (Å²) in [6.45, 7) is 21.7. The zero-order valence-corrected chi connectivity index (χ0v) is 30.6. The Balaban J connectivity index is -0.000000188. The van der Waals surface area contributed by atoms with Gasteiger partial charge in [0, 0.05) is 33.4 Å². The molecule has 2 N–H and O–H groups in total. The molecule has 4 amide bonds. The van der Waals surface area contributed by atoms with Crippen molar-refractivity contribution >= 4 is 41.1 Å². The lowest BCUT2D eigenvalue weighted by atomic mass is 10.2. The van der Waals surface area contributed by atoms with E-state index in [1.54, 1.807) is 42.4 Å². The van der Waals surface area contributed by atoms with Gasteiger partial charge < -0.3 is 29.4 Å². The molecule has 2 saturated heterocycles. The molecule has 1 atom stereocenters. The van der Waals surface area contributed by atoms with Crippen LogP contribution in [0.25, 0.3) is 0 Å². The summed E-state index contributed by atoms with van der Waals surface area (Å²) in [7, 11) is -1.54. The van der Waals surface area contributed by atoms with E-state index < -0.39 is 21.7 Å². The van der Waals surface area contributed by atoms with Crippen LogP contribution in [0.4, 0.5) is 4.79 Å². The molecule has 1 aliphatic carbocycles. The van der Waals surface area contributed by atoms with E-state index in [1.165, 1.54) is 0 Å². The van der Waals surface area contributed by atoms with Gasteiger partial charge in [0.15, 0.2) is 0 Å². The van der Waals surface area contributed by atoms with E-state index in [9.17, 15) is 27.6 Å². The number of methoxy groups -OCH3 is 1. The minimum Gasteiger partial charge on any atom is -0.444 e. The summed E-state index contributed by atoms with van der Waals surface area (Å²) in [5.41, 5.74) is -0.599. The normalized spacial score (nSPS) is 14.9. The molecule has 2 heterocycles. The Morgan fingerprint density at radius 2 is 1.47 bits per heavy atom. The van der Waals surface area contributed by atoms with Gasteiger partial charge in [-0.1, -0.05) is 33.8 Å². The summed E-state index contributed by atoms with van der Waals surface area (Å²) in [6.07, 6.45) is 22.5. The number of hydrogen-bond donors (Lipinski definition) is 2. The number of carbonyl (C=O) groups is 5. The van der Waals surface area contributed by atoms with Crippen molar-refractivity contribution in [1.29, 1.82) is 0 Å². The number of likely N-dealkylation sites (tertiary alicyclic amines) is 1. The number of sulfonamides is 1. The fourth-order valence-corrected chi connectivity index (χ4v) is 4.36. The van der Waals surface area contributed by atoms with Gasteiger partial charge >= 0.3 is 6.09 Å². The lowest BCUT2D eigenvalue weighted by molar-refractivity contribution is -0.140. The average Bonchev–Trinajstić information content (AvgIpc) is 4.02. The van der Waals surface area contributed by atoms with Crippen LogP contribution in [-0.4, -0.2) is 106 Å². The summed E-state index contributed by atoms with van der Waals surface area (Å²) in [5.74, 6) is -0.211. The monoisotopic (exact) mass is 688 g/mol. The second-order valence-corrected chi connectivity index (χ2v) is 11.8. The molecule has 0 aromatic heterocycles. The van der Waals surface area contributed by atoms with E-state index in [2.05, 4.69) is 37.6 Å². The van der Waals surface area contributed by atoms with Gasteiger partial charge in [0.2, 0.25) is 28.2 Å². The molecule has 0 radical (unpaired) electrons. The van der Waals surface area contributed by atoms with Crippen LogP contribution >= 0.6 is 0 Å². The second-order valence-electron chi connectivity index (χ2n) is 9.83. The second kappa shape index (κ2) is 33.5. The number of amides is 4. The van der Waals surface area contributed by atoms with Gasteiger partial charge in [0.25, 0.3) is 0 Å². The largest absolute Gasteiger partial charge is 0.444 e. The first-order chi connectivity index (χ1) is 22.4. The van der Waals surface area contributed by atoms with E-state index in [0.29, 0.717) is 25.8 Å². The molecule has 14 heteroatoms. The van der Waals surface area contributed by atoms with E-state index in [-0.39, 0.29) is 36.1 Å². The highest BCUT2D eigenvalue weighted by Gasteiger charge is 2.39. The van der Waals surface area contributed by atoms with Crippen molar-refractivity contribution in [2.75, 3.05) is 39.9 Å². The number of carbonyl (C=O) groups excluding carboxylic acids is 5. The predicted octanol–water partition coefficient (Wildman–Crippen LogP) is 3.53. The van der Waals surface area contributed by atoms with Crippen LogP contribution in [0, 0.1) is 25.7 Å². The van der Waals surface area contributed by atoms with Crippen LogP contribution in [0.15, 0.2) is 12.7 Å². The third kappa shape index (κ3) is 29.3. The number of ether oxygens (including phenoxy) is 2. The summed E-state index contributed by atoms with van der Waals surface area (Å²) in [5, 5.41) is 2.14. The van der Waals surface area contributed by atoms with Crippen molar-refractivity contribution in [1.82, 2.24) is 19.8 Å². The Hall–Kier alpha value is -3.88. The Labute approximate surface area is 284 Å². The Morgan fingerprint density at radius 3 is 1.85 bits per heavy atom. The van der Waals surface area contributed by atoms with Gasteiger partial charge in [-0.3, -0.25) is 19.1 Å². The van der Waals surface area contributed by atoms with Crippen molar-refractivity contribution in [2.24, 2.45) is 0 Å². The third-order valence-corrected chi connectivity index (χ3v) is 7.11. The number of alkyl carbamates (subject to hydrolysis) is 1. The lowest BCUT2D eigenvalue weighted by Crippen LogP contribution is -2.47. The summed E-state index contributed by atoms with van der Waals surface area (Å²) in [6, 6.07) is -0.361. The van der Waals surface area contributed by atoms with E-state index in [1.807, 2.05) is 40.6 Å². The number of hydrogen-bond acceptors (Lipinski definition) is 9. The number of nitrogens with one attached hydrogen (secondary N) is 2. The minimum absolute atomic E-state index is 0.0260. The first-order valence-electron chi connectivity index (χ1n) is 15.4. The minimum atomic E-state index is -3.26. The van der Waals surface area contributed by atoms with Crippen LogP contribution < -0.4 is 10.0 Å². The maximum atomic E-state index is 12.2. The Kier molecular flexibility index (Phi) is 37.5. The molecule has 47 heavy (non-hydrogen) atoms. The molecule has 1 saturated carbocycles. The zero-order valence-electron chi connectivity index (χ0n) is 29.8. The smallest absolute Gasteiger partial charge is 0.408 e. The highest BCUT2D eigenvalue weighted by atomic mass is 32.2. The standard InChI is InChI=1S/C14H23N3O4.C6H12O.C4H7NO3S.2C2H6.2C2H2.CH2O/c1-14(2,3)21-13(20)15-9-11(18)17-6-4-5-10(17)12(19)16-7-8-16;1-3-4-5-6-7-2;6-3-5-9(7,8)4-1-2-4;5*1-2/h10H,4-9H2,1-3H3,(H,15,20);3H,1,4-6H2,2H3;3-4H,1-2H2,(H,5,6);2*1-2H3;2*1-2H;1H2/t10-;;;;;;;/m0......./s1. The number of unbranched alkanes of at least 4 members (excludes halogenated alkanes) is 1. The molecule has 3 rings (SSSR count). The molecule has 0 aromatic carbocycles. The molecule has 0 unspecified atom stereocenters. The Morgan fingerprint density at radius 1 is 0.957 bits per heavy atom. The summed E-state index contributed by atoms with van der Waals surface area (Å²) >= 11 is 0. The van der Waals surface area contributed by atoms with Crippen LogP contribution in [0.1, 0.15) is 87.0 Å². The maximum absolute atomic E-state index is 12.2. The van der Waals surface area contributed by atoms with Gasteiger partial charge in [-0.25, -0.2) is 13.2 Å². The van der Waals surface area contributed by atoms with Crippen molar-refractivity contribution in [3.05, 3.63) is 12.7 Å². The fraction of sp³-hybridized carbons (Fsp3) is 0.667. The van der Waals surface area contributed by atoms with Crippen molar-refractivity contribution in [3.63, 3.8) is 0 Å². The van der Waals surface area contributed by atoms with Gasteiger partial charge in [-0.2, -0.15) is 0 Å². The Bertz CT molecular complexity index is 979. The van der Waals surface area contributed by atoms with Crippen LogP contribution in [0.2, 0.25) is 0 Å². The molecular weight excluding hydrogens is 628 g/mol. The molecule has 13 nitrogen and oxygen atoms in total. The first kappa shape index (κ1) is 52.6. The number of rotatable bonds is 10. The first-order valence-corrected chi connectivity index (χ1v) is 17.0. The number of nitrogens with zero attached hydrogens (tertiary/aromatic N) is 2. The SMILES string of the molecule is C#C.C#C.C=CCCCOC.C=O.CC.CC.CC(C)(C)OC(=O)NCC(=O)N1CCC[C@H]1C(=O)N1CC1.O=CNS(=O)(=O)C1CC1. The lowest BCUT2D eigenvalue weighted by Gasteiger charge is -2.24. The van der Waals surface area contributed by atoms with Crippen molar-refractivity contribution in [2.45, 2.75) is 104 Å². The van der Waals surface area contributed by atoms with Crippen LogP contribution in [0.3, 0.4) is 0 Å². The molecule has 3 fully saturated rings. The molecule has 3 aliphatic rings. The number of terminal acetylenes is 2. The molecule has 272 valence electrons. The number of allylic oxidation sites excluding steroid dienone is 1. The average molecular weight is 689 g/mol. The molecule has 0 aromatic rings. The van der Waals surface area contributed by atoms with Crippen molar-refractivity contribution in [3.8, 4) is 25.7 Å². The van der Waals surface area contributed by atoms with Crippen LogP contribution in [0.5, 0.6) is 0 Å². The van der Waals surface area contributed by atoms with E-state index in [0.717, 1.165) is 39.0 Å². The van der Waals surface area contributed by atoms with Gasteiger partial charge in [0.1, 0.15) is 25.0 Å². The van der Waals surface area contributed by atoms with Crippen LogP contribution in [-0.2, 0) is 38.7 Å². The van der Waals surface area contributed by atoms with E-state index in [4.69, 9.17) is 14.3 Å². The topological polar surface area (TPSA) is 168 Å². The molecule has 2 aliphatic heterocycles. The molecule has 0 bridgehead atoms. The summed E-state index contributed by atoms with van der Waals surface area (Å²) in [4.78, 5) is 56.7. The van der Waals surface area contributed by atoms with Gasteiger partial charge in [0.05, 0.1) is 5.25 Å². The maximum Gasteiger partial charge on any atom is 0.408 e. The zero-order chi connectivity index (χ0) is 38.1.